The average Bonchev–Trinajstić information content (AvgIpc) is 3.06. The second-order valence-corrected chi connectivity index (χ2v) is 20.4. The van der Waals surface area contributed by atoms with Gasteiger partial charge in [0.2, 0.25) is 11.5 Å². The molecule has 230 valence electrons. The first-order valence-corrected chi connectivity index (χ1v) is 19.9. The van der Waals surface area contributed by atoms with Crippen molar-refractivity contribution in [2.24, 2.45) is 0 Å². The molecule has 0 bridgehead atoms. The van der Waals surface area contributed by atoms with Crippen LogP contribution in [0.3, 0.4) is 0 Å². The number of rotatable bonds is 16. The molecule has 4 aromatic carbocycles. The molecule has 2 N–H and O–H groups in total. The standard InChI is InChI=1S/C37H46BrO4P/c1-29-33(35(40)37(42-3)36(41-2)34(29)39)27-19-8-6-4-5-7-9-20-28-43(38,30-21-13-10-14-22-30,31-23-15-11-16-24-31)32-25-17-12-18-26-32/h10-18,21-26,39-40H,4-9,19-20,27-28H2,1-3H3. The van der Waals surface area contributed by atoms with Crippen LogP contribution >= 0.6 is 20.8 Å². The predicted molar refractivity (Wildman–Crippen MR) is 187 cm³/mol. The predicted octanol–water partition coefficient (Wildman–Crippen LogP) is 8.93. The van der Waals surface area contributed by atoms with E-state index in [0.717, 1.165) is 37.4 Å². The topological polar surface area (TPSA) is 58.9 Å². The quantitative estimate of drug-likeness (QED) is 0.0713. The van der Waals surface area contributed by atoms with Crippen molar-refractivity contribution in [3.8, 4) is 23.0 Å². The van der Waals surface area contributed by atoms with Gasteiger partial charge in [-0.3, -0.25) is 0 Å². The number of hydrogen-bond acceptors (Lipinski definition) is 4. The van der Waals surface area contributed by atoms with Crippen LogP contribution in [0.1, 0.15) is 62.5 Å². The van der Waals surface area contributed by atoms with E-state index in [-0.39, 0.29) is 23.0 Å². The molecule has 0 saturated heterocycles. The van der Waals surface area contributed by atoms with Gasteiger partial charge in [-0.05, 0) is 6.92 Å². The zero-order valence-electron chi connectivity index (χ0n) is 25.8. The van der Waals surface area contributed by atoms with Gasteiger partial charge < -0.3 is 19.7 Å². The summed E-state index contributed by atoms with van der Waals surface area (Å²) in [4.78, 5) is 0. The molecule has 0 aliphatic rings. The summed E-state index contributed by atoms with van der Waals surface area (Å²) in [5.74, 6) is 0.490. The Hall–Kier alpha value is -3.01. The fraction of sp³-hybridized carbons (Fsp3) is 0.351. The Morgan fingerprint density at radius 1 is 0.558 bits per heavy atom. The van der Waals surface area contributed by atoms with Gasteiger partial charge >= 0.3 is 209 Å². The summed E-state index contributed by atoms with van der Waals surface area (Å²) in [5.41, 5.74) is 1.39. The number of hydrogen-bond donors (Lipinski definition) is 2. The van der Waals surface area contributed by atoms with Gasteiger partial charge in [0.15, 0.2) is 5.75 Å². The molecule has 4 nitrogen and oxygen atoms in total. The summed E-state index contributed by atoms with van der Waals surface area (Å²) in [6, 6.07) is 33.1. The van der Waals surface area contributed by atoms with E-state index in [1.54, 1.807) is 0 Å². The van der Waals surface area contributed by atoms with Gasteiger partial charge in [-0.15, -0.1) is 0 Å². The summed E-state index contributed by atoms with van der Waals surface area (Å²) in [6.45, 7) is 1.81. The molecule has 0 aliphatic heterocycles. The van der Waals surface area contributed by atoms with Gasteiger partial charge in [0.1, 0.15) is 0 Å². The molecule has 0 atom stereocenters. The Morgan fingerprint density at radius 3 is 1.35 bits per heavy atom. The van der Waals surface area contributed by atoms with Crippen molar-refractivity contribution in [2.75, 3.05) is 20.4 Å². The molecule has 0 saturated carbocycles. The first-order chi connectivity index (χ1) is 20.9. The van der Waals surface area contributed by atoms with Crippen LogP contribution in [0.4, 0.5) is 0 Å². The molecule has 6 heteroatoms. The van der Waals surface area contributed by atoms with Gasteiger partial charge in [0, 0.05) is 0 Å². The summed E-state index contributed by atoms with van der Waals surface area (Å²) in [7, 11) is 2.93. The number of methoxy groups -OCH3 is 2. The SMILES string of the molecule is COc1c(O)c(C)c(CCCCCCCCCCP(Br)(c2ccccc2)(c2ccccc2)c2ccccc2)c(O)c1OC. The van der Waals surface area contributed by atoms with Crippen LogP contribution in [0.25, 0.3) is 0 Å². The van der Waals surface area contributed by atoms with Crippen LogP contribution in [0.15, 0.2) is 91.0 Å². The van der Waals surface area contributed by atoms with Crippen LogP contribution < -0.4 is 25.4 Å². The Balaban J connectivity index is 1.32. The van der Waals surface area contributed by atoms with Crippen LogP contribution in [-0.2, 0) is 6.42 Å². The van der Waals surface area contributed by atoms with Crippen molar-refractivity contribution < 1.29 is 19.7 Å². The number of benzene rings is 4. The molecule has 4 rings (SSSR count). The van der Waals surface area contributed by atoms with Crippen molar-refractivity contribution >= 4 is 36.7 Å². The summed E-state index contributed by atoms with van der Waals surface area (Å²) >= 11 is 4.56. The van der Waals surface area contributed by atoms with Crippen LogP contribution in [0.2, 0.25) is 0 Å². The van der Waals surface area contributed by atoms with Gasteiger partial charge in [0.25, 0.3) is 0 Å². The van der Waals surface area contributed by atoms with Gasteiger partial charge in [-0.25, -0.2) is 0 Å². The number of ether oxygens (including phenoxy) is 2. The van der Waals surface area contributed by atoms with E-state index in [2.05, 4.69) is 106 Å². The third-order valence-corrected chi connectivity index (χ3v) is 18.8. The summed E-state index contributed by atoms with van der Waals surface area (Å²) < 4.78 is 10.5. The Bertz CT molecular complexity index is 1350. The van der Waals surface area contributed by atoms with Gasteiger partial charge in [-0.1, -0.05) is 0 Å². The average molecular weight is 666 g/mol. The van der Waals surface area contributed by atoms with Crippen molar-refractivity contribution in [3.05, 3.63) is 102 Å². The van der Waals surface area contributed by atoms with Crippen LogP contribution in [-0.4, -0.2) is 30.6 Å². The molecule has 43 heavy (non-hydrogen) atoms. The first kappa shape index (κ1) is 32.9. The molecular formula is C37H46BrO4P. The fourth-order valence-electron chi connectivity index (χ4n) is 6.35. The third-order valence-electron chi connectivity index (χ3n) is 8.78. The molecule has 0 aliphatic carbocycles. The summed E-state index contributed by atoms with van der Waals surface area (Å²) in [6.07, 6.45) is 11.0. The molecule has 4 aromatic rings. The minimum absolute atomic E-state index is 0.0381. The maximum atomic E-state index is 10.7. The summed E-state index contributed by atoms with van der Waals surface area (Å²) in [5, 5.41) is 22.5. The van der Waals surface area contributed by atoms with Crippen LogP contribution in [0, 0.1) is 6.92 Å². The normalized spacial score (nSPS) is 12.4. The van der Waals surface area contributed by atoms with E-state index >= 15 is 0 Å². The van der Waals surface area contributed by atoms with Crippen LogP contribution in [0.5, 0.6) is 23.0 Å². The molecular weight excluding hydrogens is 619 g/mol. The molecule has 0 unspecified atom stereocenters. The molecule has 0 heterocycles. The zero-order valence-corrected chi connectivity index (χ0v) is 28.2. The third kappa shape index (κ3) is 6.89. The zero-order chi connectivity index (χ0) is 30.7. The minimum atomic E-state index is -2.83. The number of phenols is 2. The molecule has 0 aromatic heterocycles. The molecule has 0 fully saturated rings. The first-order valence-electron chi connectivity index (χ1n) is 15.4. The smallest absolute Gasteiger partial charge is 0.504 e. The van der Waals surface area contributed by atoms with Gasteiger partial charge in [0.05, 0.1) is 14.2 Å². The Kier molecular flexibility index (Phi) is 11.6. The van der Waals surface area contributed by atoms with Crippen molar-refractivity contribution in [1.82, 2.24) is 0 Å². The van der Waals surface area contributed by atoms with E-state index in [1.165, 1.54) is 55.8 Å². The monoisotopic (exact) mass is 664 g/mol. The Labute approximate surface area is 265 Å². The maximum absolute atomic E-state index is 10.7. The van der Waals surface area contributed by atoms with E-state index in [0.29, 0.717) is 12.0 Å². The molecule has 0 amide bonds. The molecule has 0 spiro atoms. The Morgan fingerprint density at radius 2 is 0.930 bits per heavy atom. The number of unbranched alkanes of at least 4 members (excludes halogenated alkanes) is 7. The van der Waals surface area contributed by atoms with E-state index in [1.807, 2.05) is 6.92 Å². The minimum Gasteiger partial charge on any atom is -0.504 e. The fourth-order valence-corrected chi connectivity index (χ4v) is 14.1. The molecule has 0 radical (unpaired) electrons. The number of halogens is 1. The van der Waals surface area contributed by atoms with Crippen molar-refractivity contribution in [1.29, 1.82) is 0 Å². The number of aromatic hydroxyl groups is 2. The second-order valence-electron chi connectivity index (χ2n) is 11.4. The van der Waals surface area contributed by atoms with Gasteiger partial charge in [-0.2, -0.15) is 0 Å². The second kappa shape index (κ2) is 15.1. The van der Waals surface area contributed by atoms with E-state index in [9.17, 15) is 10.2 Å². The van der Waals surface area contributed by atoms with E-state index in [4.69, 9.17) is 9.47 Å². The van der Waals surface area contributed by atoms with Crippen molar-refractivity contribution in [2.45, 2.75) is 64.7 Å². The van der Waals surface area contributed by atoms with E-state index < -0.39 is 5.31 Å². The van der Waals surface area contributed by atoms with Crippen molar-refractivity contribution in [3.63, 3.8) is 0 Å². The number of phenolic OH excluding ortho intramolecular Hbond substituents is 2.